The van der Waals surface area contributed by atoms with Crippen LogP contribution < -0.4 is 15.1 Å². The highest BCUT2D eigenvalue weighted by Crippen LogP contribution is 2.27. The number of hydrogen-bond donors (Lipinski definition) is 1. The van der Waals surface area contributed by atoms with Gasteiger partial charge in [-0.25, -0.2) is 0 Å². The second-order valence-corrected chi connectivity index (χ2v) is 5.31. The molecule has 3 aromatic rings. The van der Waals surface area contributed by atoms with E-state index >= 15 is 0 Å². The van der Waals surface area contributed by atoms with Gasteiger partial charge >= 0.3 is 11.4 Å². The molecule has 122 valence electrons. The first-order valence-corrected chi connectivity index (χ1v) is 7.23. The smallest absolute Gasteiger partial charge is 0.303 e. The lowest BCUT2D eigenvalue weighted by Crippen LogP contribution is -2.41. The Morgan fingerprint density at radius 3 is 2.88 bits per heavy atom. The first kappa shape index (κ1) is 14.2. The number of amides is 1. The van der Waals surface area contributed by atoms with Crippen molar-refractivity contribution in [3.8, 4) is 17.1 Å². The van der Waals surface area contributed by atoms with Crippen LogP contribution in [-0.4, -0.2) is 28.0 Å². The van der Waals surface area contributed by atoms with Gasteiger partial charge in [-0.05, 0) is 27.9 Å². The zero-order valence-electron chi connectivity index (χ0n) is 12.6. The number of carbonyl (C=O) groups excluding carboxylic acids is 1. The summed E-state index contributed by atoms with van der Waals surface area (Å²) in [6.45, 7) is 0. The van der Waals surface area contributed by atoms with Crippen LogP contribution in [0.15, 0.2) is 28.9 Å². The van der Waals surface area contributed by atoms with Crippen LogP contribution >= 0.6 is 0 Å². The third-order valence-electron chi connectivity index (χ3n) is 3.96. The molecule has 0 saturated heterocycles. The van der Waals surface area contributed by atoms with Crippen LogP contribution in [0.25, 0.3) is 17.1 Å². The Labute approximate surface area is 135 Å². The van der Waals surface area contributed by atoms with Crippen molar-refractivity contribution in [2.75, 3.05) is 7.05 Å². The minimum absolute atomic E-state index is 0.266. The van der Waals surface area contributed by atoms with Gasteiger partial charge in [0.15, 0.2) is 5.69 Å². The van der Waals surface area contributed by atoms with Crippen LogP contribution in [0.4, 0.5) is 0 Å². The molecular weight excluding hydrogens is 316 g/mol. The number of nitrogens with one attached hydrogen (secondary N) is 1. The predicted molar refractivity (Wildman–Crippen MR) is 77.8 cm³/mol. The third kappa shape index (κ3) is 1.93. The SMILES string of the molecule is CNC(=O)c1cccc(-n2nc3c([n+]2[O-])CCc2c-3no[n+]2[O-])c1. The lowest BCUT2D eigenvalue weighted by Gasteiger charge is -2.08. The van der Waals surface area contributed by atoms with E-state index in [-0.39, 0.29) is 11.6 Å². The molecule has 1 N–H and O–H groups in total. The van der Waals surface area contributed by atoms with E-state index in [1.807, 2.05) is 0 Å². The molecule has 24 heavy (non-hydrogen) atoms. The van der Waals surface area contributed by atoms with Crippen molar-refractivity contribution in [3.63, 3.8) is 0 Å². The number of aromatic nitrogens is 5. The average molecular weight is 328 g/mol. The Balaban J connectivity index is 1.85. The Bertz CT molecular complexity index is 960. The molecule has 0 fully saturated rings. The topological polar surface area (TPSA) is 127 Å². The number of fused-ring (bicyclic) bond motifs is 3. The van der Waals surface area contributed by atoms with E-state index in [9.17, 15) is 15.2 Å². The zero-order chi connectivity index (χ0) is 16.8. The van der Waals surface area contributed by atoms with Crippen LogP contribution in [0, 0.1) is 10.4 Å². The van der Waals surface area contributed by atoms with E-state index in [4.69, 9.17) is 0 Å². The van der Waals surface area contributed by atoms with Crippen LogP contribution in [0.5, 0.6) is 0 Å². The lowest BCUT2D eigenvalue weighted by atomic mass is 10.0. The second-order valence-electron chi connectivity index (χ2n) is 5.31. The molecular formula is C14H12N6O4. The summed E-state index contributed by atoms with van der Waals surface area (Å²) in [5, 5.41) is 34.5. The summed E-state index contributed by atoms with van der Waals surface area (Å²) < 4.78 is 4.59. The molecule has 1 amide bonds. The highest BCUT2D eigenvalue weighted by molar-refractivity contribution is 5.94. The normalized spacial score (nSPS) is 12.5. The van der Waals surface area contributed by atoms with Gasteiger partial charge in [-0.2, -0.15) is 0 Å². The van der Waals surface area contributed by atoms with Crippen molar-refractivity contribution in [1.82, 2.24) is 20.4 Å². The molecule has 0 saturated carbocycles. The van der Waals surface area contributed by atoms with Gasteiger partial charge in [0.2, 0.25) is 5.69 Å². The van der Waals surface area contributed by atoms with Crippen LogP contribution in [0.2, 0.25) is 0 Å². The van der Waals surface area contributed by atoms with E-state index in [0.717, 1.165) is 4.80 Å². The maximum Gasteiger partial charge on any atom is 0.303 e. The molecule has 0 aliphatic heterocycles. The molecule has 1 aliphatic carbocycles. The molecule has 0 atom stereocenters. The van der Waals surface area contributed by atoms with Gasteiger partial charge in [0.05, 0.1) is 10.3 Å². The van der Waals surface area contributed by atoms with Crippen LogP contribution in [0.3, 0.4) is 0 Å². The van der Waals surface area contributed by atoms with Crippen molar-refractivity contribution in [2.24, 2.45) is 0 Å². The fourth-order valence-electron chi connectivity index (χ4n) is 2.77. The number of rotatable bonds is 2. The first-order valence-electron chi connectivity index (χ1n) is 7.23. The average Bonchev–Trinajstić information content (AvgIpc) is 3.15. The standard InChI is InChI=1S/C14H12N6O4/c1-15-14(21)8-3-2-4-9(7-8)18-16-12-10(19(18)22)5-6-11-13(12)17-24-20(11)23/h2-4,7H,5-6H2,1H3,(H,15,21). The van der Waals surface area contributed by atoms with Crippen LogP contribution in [0.1, 0.15) is 21.7 Å². The minimum Gasteiger partial charge on any atom is -0.692 e. The Morgan fingerprint density at radius 2 is 2.08 bits per heavy atom. The molecule has 0 unspecified atom stereocenters. The highest BCUT2D eigenvalue weighted by atomic mass is 16.8. The van der Waals surface area contributed by atoms with Gasteiger partial charge in [-0.3, -0.25) is 9.42 Å². The summed E-state index contributed by atoms with van der Waals surface area (Å²) >= 11 is 0. The quantitative estimate of drug-likeness (QED) is 0.487. The third-order valence-corrected chi connectivity index (χ3v) is 3.96. The van der Waals surface area contributed by atoms with Crippen molar-refractivity contribution in [2.45, 2.75) is 12.8 Å². The number of benzene rings is 1. The van der Waals surface area contributed by atoms with Gasteiger partial charge < -0.3 is 15.7 Å². The molecule has 2 aromatic heterocycles. The summed E-state index contributed by atoms with van der Waals surface area (Å²) in [4.78, 5) is 13.9. The van der Waals surface area contributed by atoms with E-state index in [1.54, 1.807) is 24.3 Å². The number of hydrogen-bond acceptors (Lipinski definition) is 6. The summed E-state index contributed by atoms with van der Waals surface area (Å²) in [7, 11) is 1.53. The Kier molecular flexibility index (Phi) is 2.98. The molecule has 1 aliphatic rings. The molecule has 1 aromatic carbocycles. The summed E-state index contributed by atoms with van der Waals surface area (Å²) in [5.74, 6) is -0.266. The maximum absolute atomic E-state index is 12.6. The van der Waals surface area contributed by atoms with Crippen molar-refractivity contribution in [3.05, 3.63) is 51.6 Å². The second kappa shape index (κ2) is 5.05. The van der Waals surface area contributed by atoms with Crippen molar-refractivity contribution >= 4 is 5.91 Å². The molecule has 0 bridgehead atoms. The number of nitrogens with zero attached hydrogens (tertiary/aromatic N) is 5. The van der Waals surface area contributed by atoms with Gasteiger partial charge in [0.1, 0.15) is 5.69 Å². The fraction of sp³-hybridized carbons (Fsp3) is 0.214. The van der Waals surface area contributed by atoms with Gasteiger partial charge in [0, 0.05) is 25.5 Å². The van der Waals surface area contributed by atoms with Crippen LogP contribution in [-0.2, 0) is 12.8 Å². The first-order chi connectivity index (χ1) is 11.6. The van der Waals surface area contributed by atoms with Gasteiger partial charge in [-0.15, -0.1) is 4.85 Å². The maximum atomic E-state index is 12.6. The molecule has 4 rings (SSSR count). The Morgan fingerprint density at radius 1 is 1.29 bits per heavy atom. The zero-order valence-corrected chi connectivity index (χ0v) is 12.6. The molecule has 0 spiro atoms. The van der Waals surface area contributed by atoms with Crippen molar-refractivity contribution < 1.29 is 19.2 Å². The van der Waals surface area contributed by atoms with E-state index in [0.29, 0.717) is 50.9 Å². The molecule has 10 heteroatoms. The predicted octanol–water partition coefficient (Wildman–Crippen LogP) is -0.748. The fourth-order valence-corrected chi connectivity index (χ4v) is 2.77. The van der Waals surface area contributed by atoms with E-state index < -0.39 is 0 Å². The summed E-state index contributed by atoms with van der Waals surface area (Å²) in [5.41, 5.74) is 2.18. The molecule has 10 nitrogen and oxygen atoms in total. The number of carbonyl (C=O) groups is 1. The Hall–Kier alpha value is -3.43. The summed E-state index contributed by atoms with van der Waals surface area (Å²) in [6, 6.07) is 6.52. The highest BCUT2D eigenvalue weighted by Gasteiger charge is 2.39. The van der Waals surface area contributed by atoms with Crippen molar-refractivity contribution in [1.29, 1.82) is 0 Å². The molecule has 2 heterocycles. The summed E-state index contributed by atoms with van der Waals surface area (Å²) in [6.07, 6.45) is 0.700. The van der Waals surface area contributed by atoms with Gasteiger partial charge in [0.25, 0.3) is 5.91 Å². The molecule has 0 radical (unpaired) electrons. The monoisotopic (exact) mass is 328 g/mol. The van der Waals surface area contributed by atoms with E-state index in [2.05, 4.69) is 20.2 Å². The largest absolute Gasteiger partial charge is 0.692 e. The van der Waals surface area contributed by atoms with E-state index in [1.165, 1.54) is 7.05 Å². The minimum atomic E-state index is -0.266. The van der Waals surface area contributed by atoms with Gasteiger partial charge in [-0.1, -0.05) is 6.07 Å². The lowest BCUT2D eigenvalue weighted by molar-refractivity contribution is -0.808.